The molecule has 0 spiro atoms. The van der Waals surface area contributed by atoms with E-state index < -0.39 is 6.04 Å². The topological polar surface area (TPSA) is 49.4 Å². The number of carbonyl (C=O) groups is 2. The lowest BCUT2D eigenvalue weighted by Crippen LogP contribution is -2.52. The van der Waals surface area contributed by atoms with Crippen molar-refractivity contribution in [2.75, 3.05) is 0 Å². The fraction of sp³-hybridized carbons (Fsp3) is 0.440. The van der Waals surface area contributed by atoms with E-state index in [4.69, 9.17) is 0 Å². The maximum atomic E-state index is 13.1. The van der Waals surface area contributed by atoms with E-state index in [2.05, 4.69) is 35.6 Å². The van der Waals surface area contributed by atoms with Crippen LogP contribution in [0.3, 0.4) is 0 Å². The average Bonchev–Trinajstić information content (AvgIpc) is 2.63. The lowest BCUT2D eigenvalue weighted by molar-refractivity contribution is -0.141. The molecular formula is C25H34N2O2. The number of hydrogen-bond acceptors (Lipinski definition) is 2. The molecule has 2 amide bonds. The van der Waals surface area contributed by atoms with Gasteiger partial charge in [0.25, 0.3) is 0 Å². The van der Waals surface area contributed by atoms with Crippen LogP contribution in [0.4, 0.5) is 0 Å². The minimum absolute atomic E-state index is 0.0105. The summed E-state index contributed by atoms with van der Waals surface area (Å²) in [5.41, 5.74) is 4.16. The van der Waals surface area contributed by atoms with Crippen LogP contribution in [-0.2, 0) is 22.6 Å². The van der Waals surface area contributed by atoms with Crippen LogP contribution in [0.25, 0.3) is 0 Å². The molecule has 2 aromatic rings. The Morgan fingerprint density at radius 1 is 0.966 bits per heavy atom. The SMILES string of the molecule is Cc1ccc(CCC(=O)N(Cc2cccc(C)c2)[C@H](C)C(=O)NC(C)(C)C)cc1. The van der Waals surface area contributed by atoms with Crippen LogP contribution < -0.4 is 5.32 Å². The predicted octanol–water partition coefficient (Wildman–Crippen LogP) is 4.57. The quantitative estimate of drug-likeness (QED) is 0.748. The molecule has 0 aliphatic heterocycles. The molecule has 4 nitrogen and oxygen atoms in total. The maximum absolute atomic E-state index is 13.1. The lowest BCUT2D eigenvalue weighted by atomic mass is 10.0. The van der Waals surface area contributed by atoms with Gasteiger partial charge in [0.05, 0.1) is 0 Å². The molecule has 0 radical (unpaired) electrons. The van der Waals surface area contributed by atoms with Gasteiger partial charge in [-0.15, -0.1) is 0 Å². The van der Waals surface area contributed by atoms with Crippen LogP contribution in [0, 0.1) is 13.8 Å². The summed E-state index contributed by atoms with van der Waals surface area (Å²) in [5, 5.41) is 3.00. The van der Waals surface area contributed by atoms with Gasteiger partial charge in [-0.2, -0.15) is 0 Å². The van der Waals surface area contributed by atoms with E-state index in [9.17, 15) is 9.59 Å². The number of amides is 2. The van der Waals surface area contributed by atoms with Gasteiger partial charge in [-0.25, -0.2) is 0 Å². The monoisotopic (exact) mass is 394 g/mol. The maximum Gasteiger partial charge on any atom is 0.242 e. The Hall–Kier alpha value is -2.62. The summed E-state index contributed by atoms with van der Waals surface area (Å²) in [6.07, 6.45) is 1.04. The van der Waals surface area contributed by atoms with Crippen molar-refractivity contribution in [3.63, 3.8) is 0 Å². The molecule has 4 heteroatoms. The highest BCUT2D eigenvalue weighted by atomic mass is 16.2. The van der Waals surface area contributed by atoms with Crippen LogP contribution in [-0.4, -0.2) is 28.3 Å². The Kier molecular flexibility index (Phi) is 7.60. The molecule has 0 bridgehead atoms. The highest BCUT2D eigenvalue weighted by Gasteiger charge is 2.28. The van der Waals surface area contributed by atoms with Gasteiger partial charge in [-0.1, -0.05) is 59.7 Å². The minimum atomic E-state index is -0.541. The molecule has 0 fully saturated rings. The minimum Gasteiger partial charge on any atom is -0.350 e. The zero-order valence-corrected chi connectivity index (χ0v) is 18.6. The third-order valence-corrected chi connectivity index (χ3v) is 4.85. The molecule has 29 heavy (non-hydrogen) atoms. The Morgan fingerprint density at radius 2 is 1.62 bits per heavy atom. The Labute approximate surface area is 175 Å². The van der Waals surface area contributed by atoms with Gasteiger partial charge in [-0.3, -0.25) is 9.59 Å². The van der Waals surface area contributed by atoms with Gasteiger partial charge in [0, 0.05) is 18.5 Å². The predicted molar refractivity (Wildman–Crippen MR) is 119 cm³/mol. The van der Waals surface area contributed by atoms with Gasteiger partial charge in [-0.05, 0) is 59.1 Å². The highest BCUT2D eigenvalue weighted by molar-refractivity contribution is 5.87. The number of hydrogen-bond donors (Lipinski definition) is 1. The van der Waals surface area contributed by atoms with E-state index in [1.165, 1.54) is 5.56 Å². The van der Waals surface area contributed by atoms with Gasteiger partial charge in [0.15, 0.2) is 0 Å². The van der Waals surface area contributed by atoms with E-state index in [0.717, 1.165) is 16.7 Å². The number of rotatable bonds is 7. The van der Waals surface area contributed by atoms with Gasteiger partial charge >= 0.3 is 0 Å². The average molecular weight is 395 g/mol. The van der Waals surface area contributed by atoms with Gasteiger partial charge in [0.2, 0.25) is 11.8 Å². The smallest absolute Gasteiger partial charge is 0.242 e. The standard InChI is InChI=1S/C25H34N2O2/c1-18-10-12-21(13-11-18)14-15-23(28)27(17-22-9-7-8-19(2)16-22)20(3)24(29)26-25(4,5)6/h7-13,16,20H,14-15,17H2,1-6H3,(H,26,29)/t20-/m1/s1. The van der Waals surface area contributed by atoms with Crippen molar-refractivity contribution in [2.24, 2.45) is 0 Å². The third kappa shape index (κ3) is 7.37. The molecule has 0 saturated heterocycles. The summed E-state index contributed by atoms with van der Waals surface area (Å²) in [6, 6.07) is 15.8. The van der Waals surface area contributed by atoms with E-state index in [-0.39, 0.29) is 17.4 Å². The van der Waals surface area contributed by atoms with Crippen molar-refractivity contribution in [2.45, 2.75) is 72.5 Å². The fourth-order valence-corrected chi connectivity index (χ4v) is 3.21. The second kappa shape index (κ2) is 9.73. The molecular weight excluding hydrogens is 360 g/mol. The van der Waals surface area contributed by atoms with Crippen molar-refractivity contribution in [1.82, 2.24) is 10.2 Å². The number of nitrogens with one attached hydrogen (secondary N) is 1. The summed E-state index contributed by atoms with van der Waals surface area (Å²) >= 11 is 0. The molecule has 0 aromatic heterocycles. The molecule has 2 rings (SSSR count). The Balaban J connectivity index is 2.16. The number of carbonyl (C=O) groups excluding carboxylic acids is 2. The van der Waals surface area contributed by atoms with Crippen LogP contribution in [0.1, 0.15) is 56.4 Å². The van der Waals surface area contributed by atoms with E-state index in [1.54, 1.807) is 11.8 Å². The highest BCUT2D eigenvalue weighted by Crippen LogP contribution is 2.15. The molecule has 156 valence electrons. The second-order valence-electron chi connectivity index (χ2n) is 8.91. The largest absolute Gasteiger partial charge is 0.350 e. The third-order valence-electron chi connectivity index (χ3n) is 4.85. The summed E-state index contributed by atoms with van der Waals surface area (Å²) in [6.45, 7) is 12.1. The molecule has 2 aromatic carbocycles. The fourth-order valence-electron chi connectivity index (χ4n) is 3.21. The molecule has 1 N–H and O–H groups in total. The van der Waals surface area contributed by atoms with Crippen LogP contribution in [0.5, 0.6) is 0 Å². The van der Waals surface area contributed by atoms with Crippen LogP contribution >= 0.6 is 0 Å². The van der Waals surface area contributed by atoms with Gasteiger partial charge in [0.1, 0.15) is 6.04 Å². The zero-order chi connectivity index (χ0) is 21.6. The first kappa shape index (κ1) is 22.7. The molecule has 0 aliphatic rings. The summed E-state index contributed by atoms with van der Waals surface area (Å²) < 4.78 is 0. The van der Waals surface area contributed by atoms with Crippen molar-refractivity contribution < 1.29 is 9.59 Å². The van der Waals surface area contributed by atoms with Crippen molar-refractivity contribution >= 4 is 11.8 Å². The number of nitrogens with zero attached hydrogens (tertiary/aromatic N) is 1. The zero-order valence-electron chi connectivity index (χ0n) is 18.6. The summed E-state index contributed by atoms with van der Waals surface area (Å²) in [4.78, 5) is 27.6. The van der Waals surface area contributed by atoms with E-state index in [0.29, 0.717) is 19.4 Å². The summed E-state index contributed by atoms with van der Waals surface area (Å²) in [5.74, 6) is -0.141. The molecule has 0 heterocycles. The molecule has 0 aliphatic carbocycles. The Bertz CT molecular complexity index is 835. The van der Waals surface area contributed by atoms with Crippen molar-refractivity contribution in [1.29, 1.82) is 0 Å². The van der Waals surface area contributed by atoms with Gasteiger partial charge < -0.3 is 10.2 Å². The van der Waals surface area contributed by atoms with Crippen LogP contribution in [0.2, 0.25) is 0 Å². The summed E-state index contributed by atoms with van der Waals surface area (Å²) in [7, 11) is 0. The first-order chi connectivity index (χ1) is 13.5. The van der Waals surface area contributed by atoms with Crippen molar-refractivity contribution in [3.05, 3.63) is 70.8 Å². The number of benzene rings is 2. The van der Waals surface area contributed by atoms with Crippen LogP contribution in [0.15, 0.2) is 48.5 Å². The second-order valence-corrected chi connectivity index (χ2v) is 8.91. The Morgan fingerprint density at radius 3 is 2.21 bits per heavy atom. The first-order valence-electron chi connectivity index (χ1n) is 10.3. The molecule has 0 saturated carbocycles. The molecule has 0 unspecified atom stereocenters. The van der Waals surface area contributed by atoms with E-state index >= 15 is 0 Å². The van der Waals surface area contributed by atoms with E-state index in [1.807, 2.05) is 52.8 Å². The lowest BCUT2D eigenvalue weighted by Gasteiger charge is -2.31. The first-order valence-corrected chi connectivity index (χ1v) is 10.3. The normalized spacial score (nSPS) is 12.3. The van der Waals surface area contributed by atoms with Crippen molar-refractivity contribution in [3.8, 4) is 0 Å². The number of aryl methyl sites for hydroxylation is 3. The molecule has 1 atom stereocenters.